The largest absolute Gasteiger partial charge is 0.438 e. The number of aromatic nitrogens is 3. The van der Waals surface area contributed by atoms with Gasteiger partial charge in [0.25, 0.3) is 0 Å². The zero-order valence-electron chi connectivity index (χ0n) is 33.5. The first-order chi connectivity index (χ1) is 30.7. The minimum atomic E-state index is 0.557. The van der Waals surface area contributed by atoms with Crippen LogP contribution in [0, 0.1) is 0 Å². The Bertz CT molecular complexity index is 3900. The lowest BCUT2D eigenvalue weighted by Gasteiger charge is -2.16. The summed E-state index contributed by atoms with van der Waals surface area (Å²) in [6, 6.07) is 75.7. The summed E-state index contributed by atoms with van der Waals surface area (Å²) in [6.45, 7) is 0. The molecule has 0 unspecified atom stereocenters. The third-order valence-corrected chi connectivity index (χ3v) is 12.6. The highest BCUT2D eigenvalue weighted by molar-refractivity contribution is 6.22. The Hall–Kier alpha value is -8.34. The van der Waals surface area contributed by atoms with E-state index in [0.717, 1.165) is 71.9 Å². The summed E-state index contributed by atoms with van der Waals surface area (Å²) < 4.78 is 9.31. The first-order valence-corrected chi connectivity index (χ1v) is 21.1. The summed E-state index contributed by atoms with van der Waals surface area (Å²) in [4.78, 5) is 10.8. The molecule has 0 saturated carbocycles. The van der Waals surface area contributed by atoms with E-state index in [-0.39, 0.29) is 0 Å². The van der Waals surface area contributed by atoms with Crippen LogP contribution in [0.2, 0.25) is 0 Å². The van der Waals surface area contributed by atoms with Crippen LogP contribution in [0.4, 0.5) is 0 Å². The lowest BCUT2D eigenvalue weighted by molar-refractivity contribution is 0.654. The lowest BCUT2D eigenvalue weighted by Crippen LogP contribution is -1.99. The molecule has 288 valence electrons. The van der Waals surface area contributed by atoms with E-state index in [1.54, 1.807) is 0 Å². The Balaban J connectivity index is 1.08. The van der Waals surface area contributed by atoms with Crippen molar-refractivity contribution in [2.24, 2.45) is 0 Å². The molecule has 0 aliphatic rings. The van der Waals surface area contributed by atoms with Crippen LogP contribution in [0.3, 0.4) is 0 Å². The van der Waals surface area contributed by atoms with Crippen molar-refractivity contribution in [2.45, 2.75) is 0 Å². The summed E-state index contributed by atoms with van der Waals surface area (Å²) >= 11 is 0. The van der Waals surface area contributed by atoms with Crippen LogP contribution in [-0.4, -0.2) is 14.5 Å². The van der Waals surface area contributed by atoms with Crippen molar-refractivity contribution in [3.63, 3.8) is 0 Å². The smallest absolute Gasteiger partial charge is 0.231 e. The predicted molar refractivity (Wildman–Crippen MR) is 258 cm³/mol. The van der Waals surface area contributed by atoms with Crippen molar-refractivity contribution in [3.8, 4) is 50.6 Å². The number of hydrogen-bond acceptors (Lipinski definition) is 3. The van der Waals surface area contributed by atoms with E-state index < -0.39 is 0 Å². The van der Waals surface area contributed by atoms with Gasteiger partial charge < -0.3 is 8.98 Å². The van der Waals surface area contributed by atoms with Gasteiger partial charge >= 0.3 is 0 Å². The molecule has 0 atom stereocenters. The summed E-state index contributed by atoms with van der Waals surface area (Å²) in [5, 5.41) is 11.4. The van der Waals surface area contributed by atoms with Gasteiger partial charge in [0, 0.05) is 38.1 Å². The van der Waals surface area contributed by atoms with Gasteiger partial charge in [-0.3, -0.25) is 0 Å². The summed E-state index contributed by atoms with van der Waals surface area (Å²) in [7, 11) is 0. The molecule has 10 aromatic carbocycles. The molecule has 4 heteroatoms. The molecular formula is C58H35N3O. The molecular weight excluding hydrogens is 755 g/mol. The fourth-order valence-electron chi connectivity index (χ4n) is 9.75. The van der Waals surface area contributed by atoms with Gasteiger partial charge in [-0.1, -0.05) is 176 Å². The Labute approximate surface area is 356 Å². The van der Waals surface area contributed by atoms with Crippen LogP contribution in [0.15, 0.2) is 217 Å². The summed E-state index contributed by atoms with van der Waals surface area (Å²) in [5.41, 5.74) is 12.1. The van der Waals surface area contributed by atoms with Gasteiger partial charge in [-0.15, -0.1) is 0 Å². The van der Waals surface area contributed by atoms with E-state index in [9.17, 15) is 0 Å². The molecule has 0 fully saturated rings. The minimum Gasteiger partial charge on any atom is -0.438 e. The van der Waals surface area contributed by atoms with Crippen LogP contribution in [-0.2, 0) is 0 Å². The van der Waals surface area contributed by atoms with E-state index in [2.05, 4.69) is 211 Å². The van der Waals surface area contributed by atoms with E-state index in [1.165, 1.54) is 43.4 Å². The fourth-order valence-corrected chi connectivity index (χ4v) is 9.75. The fraction of sp³-hybridized carbons (Fsp3) is 0. The molecule has 13 rings (SSSR count). The molecule has 4 nitrogen and oxygen atoms in total. The standard InChI is InChI=1S/C58H35N3O/c1-4-16-36(17-5-1)47-34-50-53(35-48(47)37-18-6-2-7-19-37)62-58-54(50)55(39-21-8-3-9-22-39)59-57(60-58)46-30-31-51(44-27-15-14-26-43(44)46)61-52-33-41-24-11-10-23-40(41)32-49(52)45-29-28-38-20-12-13-25-42(38)56(45)61/h1-35H. The zero-order chi connectivity index (χ0) is 40.7. The molecule has 3 heterocycles. The highest BCUT2D eigenvalue weighted by Crippen LogP contribution is 2.45. The lowest BCUT2D eigenvalue weighted by atomic mass is 9.92. The van der Waals surface area contributed by atoms with Gasteiger partial charge in [-0.2, -0.15) is 4.98 Å². The van der Waals surface area contributed by atoms with Gasteiger partial charge in [0.15, 0.2) is 5.82 Å². The SMILES string of the molecule is c1ccc(-c2cc3oc4nc(-c5ccc(-n6c7cc8ccccc8cc7c7ccc8ccccc8c76)c6ccccc56)nc(-c5ccccc5)c4c3cc2-c2ccccc2)cc1. The molecule has 0 spiro atoms. The van der Waals surface area contributed by atoms with Crippen LogP contribution in [0.5, 0.6) is 0 Å². The van der Waals surface area contributed by atoms with E-state index in [0.29, 0.717) is 11.5 Å². The molecule has 0 amide bonds. The number of rotatable bonds is 5. The number of hydrogen-bond donors (Lipinski definition) is 0. The van der Waals surface area contributed by atoms with Gasteiger partial charge in [0.1, 0.15) is 5.58 Å². The summed E-state index contributed by atoms with van der Waals surface area (Å²) in [5.74, 6) is 0.614. The normalized spacial score (nSPS) is 11.9. The average molecular weight is 790 g/mol. The predicted octanol–water partition coefficient (Wildman–Crippen LogP) is 15.6. The summed E-state index contributed by atoms with van der Waals surface area (Å²) in [6.07, 6.45) is 0. The molecule has 62 heavy (non-hydrogen) atoms. The Morgan fingerprint density at radius 3 is 1.69 bits per heavy atom. The second-order valence-electron chi connectivity index (χ2n) is 16.1. The van der Waals surface area contributed by atoms with Crippen molar-refractivity contribution in [1.29, 1.82) is 0 Å². The topological polar surface area (TPSA) is 43.9 Å². The van der Waals surface area contributed by atoms with Crippen molar-refractivity contribution in [2.75, 3.05) is 0 Å². The van der Waals surface area contributed by atoms with Crippen molar-refractivity contribution < 1.29 is 4.42 Å². The quantitative estimate of drug-likeness (QED) is 0.174. The van der Waals surface area contributed by atoms with Gasteiger partial charge in [-0.25, -0.2) is 4.98 Å². The van der Waals surface area contributed by atoms with E-state index in [1.807, 2.05) is 6.07 Å². The molecule has 0 bridgehead atoms. The van der Waals surface area contributed by atoms with Crippen LogP contribution in [0.25, 0.3) is 127 Å². The van der Waals surface area contributed by atoms with Crippen LogP contribution >= 0.6 is 0 Å². The van der Waals surface area contributed by atoms with Crippen molar-refractivity contribution >= 4 is 76.2 Å². The number of fused-ring (bicyclic) bond motifs is 10. The van der Waals surface area contributed by atoms with Crippen LogP contribution < -0.4 is 0 Å². The molecule has 0 radical (unpaired) electrons. The first-order valence-electron chi connectivity index (χ1n) is 21.1. The number of benzene rings is 10. The number of nitrogens with zero attached hydrogens (tertiary/aromatic N) is 3. The third kappa shape index (κ3) is 5.27. The molecule has 0 saturated heterocycles. The van der Waals surface area contributed by atoms with Gasteiger partial charge in [0.05, 0.1) is 27.8 Å². The maximum atomic E-state index is 6.84. The first kappa shape index (κ1) is 34.5. The Morgan fingerprint density at radius 2 is 0.968 bits per heavy atom. The van der Waals surface area contributed by atoms with Crippen molar-refractivity contribution in [1.82, 2.24) is 14.5 Å². The minimum absolute atomic E-state index is 0.557. The molecule has 0 N–H and O–H groups in total. The molecule has 0 aliphatic carbocycles. The van der Waals surface area contributed by atoms with Gasteiger partial charge in [0.2, 0.25) is 5.71 Å². The van der Waals surface area contributed by atoms with Crippen molar-refractivity contribution in [3.05, 3.63) is 212 Å². The Kier molecular flexibility index (Phi) is 7.57. The zero-order valence-corrected chi connectivity index (χ0v) is 33.5. The van der Waals surface area contributed by atoms with E-state index in [4.69, 9.17) is 14.4 Å². The van der Waals surface area contributed by atoms with Crippen LogP contribution in [0.1, 0.15) is 0 Å². The molecule has 13 aromatic rings. The third-order valence-electron chi connectivity index (χ3n) is 12.6. The highest BCUT2D eigenvalue weighted by Gasteiger charge is 2.23. The highest BCUT2D eigenvalue weighted by atomic mass is 16.3. The molecule has 0 aliphatic heterocycles. The number of furan rings is 1. The Morgan fingerprint density at radius 1 is 0.371 bits per heavy atom. The maximum Gasteiger partial charge on any atom is 0.231 e. The second-order valence-corrected chi connectivity index (χ2v) is 16.1. The van der Waals surface area contributed by atoms with Gasteiger partial charge in [-0.05, 0) is 80.2 Å². The molecule has 3 aromatic heterocycles. The average Bonchev–Trinajstić information content (AvgIpc) is 3.87. The van der Waals surface area contributed by atoms with E-state index >= 15 is 0 Å². The maximum absolute atomic E-state index is 6.84. The monoisotopic (exact) mass is 789 g/mol. The second kappa shape index (κ2) is 13.6.